The molecule has 1 saturated heterocycles. The second-order valence-corrected chi connectivity index (χ2v) is 6.61. The number of aliphatic carboxylic acids is 1. The van der Waals surface area contributed by atoms with Crippen LogP contribution in [0, 0.1) is 0 Å². The first-order valence-electron chi connectivity index (χ1n) is 7.39. The van der Waals surface area contributed by atoms with Crippen molar-refractivity contribution in [3.8, 4) is 5.75 Å². The van der Waals surface area contributed by atoms with Gasteiger partial charge in [0.25, 0.3) is 5.91 Å². The summed E-state index contributed by atoms with van der Waals surface area (Å²) in [7, 11) is 0. The molecule has 22 heavy (non-hydrogen) atoms. The van der Waals surface area contributed by atoms with E-state index < -0.39 is 12.0 Å². The normalized spacial score (nSPS) is 18.4. The van der Waals surface area contributed by atoms with Gasteiger partial charge < -0.3 is 14.7 Å². The number of carboxylic acids is 1. The van der Waals surface area contributed by atoms with E-state index in [1.165, 1.54) is 4.90 Å². The summed E-state index contributed by atoms with van der Waals surface area (Å²) in [6, 6.07) is 4.42. The molecule has 0 aliphatic carbocycles. The molecule has 0 saturated carbocycles. The van der Waals surface area contributed by atoms with Crippen molar-refractivity contribution in [2.24, 2.45) is 0 Å². The van der Waals surface area contributed by atoms with Gasteiger partial charge in [-0.1, -0.05) is 15.9 Å². The van der Waals surface area contributed by atoms with Crippen LogP contribution < -0.4 is 4.74 Å². The van der Waals surface area contributed by atoms with Crippen molar-refractivity contribution in [2.75, 3.05) is 6.54 Å². The van der Waals surface area contributed by atoms with Gasteiger partial charge in [0.1, 0.15) is 11.8 Å². The number of hydrogen-bond acceptors (Lipinski definition) is 3. The maximum absolute atomic E-state index is 12.7. The number of likely N-dealkylation sites (tertiary alicyclic amines) is 1. The van der Waals surface area contributed by atoms with Crippen molar-refractivity contribution in [1.29, 1.82) is 0 Å². The molecule has 1 heterocycles. The number of rotatable bonds is 4. The van der Waals surface area contributed by atoms with Crippen molar-refractivity contribution in [3.63, 3.8) is 0 Å². The molecule has 120 valence electrons. The van der Waals surface area contributed by atoms with Crippen LogP contribution in [0.2, 0.25) is 0 Å². The minimum atomic E-state index is -0.943. The molecule has 1 aromatic carbocycles. The zero-order chi connectivity index (χ0) is 16.3. The number of halogens is 1. The number of piperidine rings is 1. The molecule has 0 radical (unpaired) electrons. The lowest BCUT2D eigenvalue weighted by atomic mass is 10.0. The molecule has 0 aromatic heterocycles. The van der Waals surface area contributed by atoms with E-state index >= 15 is 0 Å². The first-order chi connectivity index (χ1) is 10.4. The number of nitrogens with zero attached hydrogens (tertiary/aromatic N) is 1. The molecule has 6 heteroatoms. The Morgan fingerprint density at radius 2 is 2.05 bits per heavy atom. The molecule has 1 aromatic rings. The van der Waals surface area contributed by atoms with E-state index in [0.717, 1.165) is 17.3 Å². The lowest BCUT2D eigenvalue weighted by molar-refractivity contribution is -0.143. The Labute approximate surface area is 138 Å². The molecule has 1 unspecified atom stereocenters. The summed E-state index contributed by atoms with van der Waals surface area (Å²) >= 11 is 3.37. The monoisotopic (exact) mass is 369 g/mol. The summed E-state index contributed by atoms with van der Waals surface area (Å²) in [5, 5.41) is 9.30. The third kappa shape index (κ3) is 4.00. The van der Waals surface area contributed by atoms with Crippen LogP contribution in [0.4, 0.5) is 0 Å². The first-order valence-corrected chi connectivity index (χ1v) is 8.19. The highest BCUT2D eigenvalue weighted by Crippen LogP contribution is 2.26. The van der Waals surface area contributed by atoms with Crippen LogP contribution in [0.25, 0.3) is 0 Å². The maximum Gasteiger partial charge on any atom is 0.326 e. The van der Waals surface area contributed by atoms with Crippen LogP contribution in [-0.2, 0) is 4.79 Å². The van der Waals surface area contributed by atoms with E-state index in [1.54, 1.807) is 18.2 Å². The molecule has 5 nitrogen and oxygen atoms in total. The van der Waals surface area contributed by atoms with E-state index in [9.17, 15) is 14.7 Å². The molecule has 1 atom stereocenters. The highest BCUT2D eigenvalue weighted by Gasteiger charge is 2.32. The summed E-state index contributed by atoms with van der Waals surface area (Å²) < 4.78 is 6.36. The van der Waals surface area contributed by atoms with Crippen LogP contribution in [0.1, 0.15) is 43.5 Å². The Morgan fingerprint density at radius 3 is 2.68 bits per heavy atom. The minimum Gasteiger partial charge on any atom is -0.491 e. The van der Waals surface area contributed by atoms with E-state index in [2.05, 4.69) is 15.9 Å². The summed E-state index contributed by atoms with van der Waals surface area (Å²) in [6.45, 7) is 4.30. The van der Waals surface area contributed by atoms with Gasteiger partial charge in [-0.2, -0.15) is 0 Å². The van der Waals surface area contributed by atoms with Gasteiger partial charge in [-0.25, -0.2) is 4.79 Å². The van der Waals surface area contributed by atoms with Crippen molar-refractivity contribution in [2.45, 2.75) is 45.3 Å². The molecule has 1 amide bonds. The quantitative estimate of drug-likeness (QED) is 0.883. The van der Waals surface area contributed by atoms with Gasteiger partial charge in [0, 0.05) is 16.6 Å². The van der Waals surface area contributed by atoms with Crippen molar-refractivity contribution in [3.05, 3.63) is 28.2 Å². The van der Waals surface area contributed by atoms with Crippen LogP contribution in [0.5, 0.6) is 5.75 Å². The van der Waals surface area contributed by atoms with E-state index in [-0.39, 0.29) is 12.0 Å². The largest absolute Gasteiger partial charge is 0.491 e. The van der Waals surface area contributed by atoms with Crippen molar-refractivity contribution >= 4 is 27.8 Å². The second-order valence-electron chi connectivity index (χ2n) is 5.69. The van der Waals surface area contributed by atoms with Gasteiger partial charge in [-0.3, -0.25) is 4.79 Å². The topological polar surface area (TPSA) is 66.8 Å². The fourth-order valence-electron chi connectivity index (χ4n) is 2.62. The Balaban J connectivity index is 2.27. The van der Waals surface area contributed by atoms with Gasteiger partial charge in [-0.05, 0) is 51.3 Å². The number of carbonyl (C=O) groups is 2. The Bertz CT molecular complexity index is 573. The Morgan fingerprint density at radius 1 is 1.32 bits per heavy atom. The number of ether oxygens (including phenoxy) is 1. The third-order valence-corrected chi connectivity index (χ3v) is 4.00. The standard InChI is InChI=1S/C16H20BrNO4/c1-10(2)22-13-8-11(7-12(17)9-13)15(19)18-6-4-3-5-14(18)16(20)21/h7-10,14H,3-6H2,1-2H3,(H,20,21). The maximum atomic E-state index is 12.7. The Hall–Kier alpha value is -1.56. The minimum absolute atomic E-state index is 0.000920. The average molecular weight is 370 g/mol. The number of benzene rings is 1. The predicted octanol–water partition coefficient (Wildman–Crippen LogP) is 3.32. The van der Waals surface area contributed by atoms with Crippen molar-refractivity contribution < 1.29 is 19.4 Å². The molecule has 0 spiro atoms. The van der Waals surface area contributed by atoms with Crippen molar-refractivity contribution in [1.82, 2.24) is 4.90 Å². The second kappa shape index (κ2) is 7.13. The molecule has 2 rings (SSSR count). The fraction of sp³-hybridized carbons (Fsp3) is 0.500. The van der Waals surface area contributed by atoms with Gasteiger partial charge in [-0.15, -0.1) is 0 Å². The highest BCUT2D eigenvalue weighted by atomic mass is 79.9. The Kier molecular flexibility index (Phi) is 5.45. The molecule has 1 aliphatic rings. The zero-order valence-electron chi connectivity index (χ0n) is 12.7. The predicted molar refractivity (Wildman–Crippen MR) is 86.2 cm³/mol. The fourth-order valence-corrected chi connectivity index (χ4v) is 3.10. The number of carboxylic acid groups (broad SMARTS) is 1. The summed E-state index contributed by atoms with van der Waals surface area (Å²) in [4.78, 5) is 25.5. The van der Waals surface area contributed by atoms with E-state index in [0.29, 0.717) is 24.3 Å². The van der Waals surface area contributed by atoms with Gasteiger partial charge in [0.05, 0.1) is 6.10 Å². The van der Waals surface area contributed by atoms with Crippen LogP contribution in [0.3, 0.4) is 0 Å². The molecule has 1 N–H and O–H groups in total. The van der Waals surface area contributed by atoms with Crippen LogP contribution in [0.15, 0.2) is 22.7 Å². The smallest absolute Gasteiger partial charge is 0.326 e. The van der Waals surface area contributed by atoms with Crippen LogP contribution in [-0.4, -0.2) is 40.6 Å². The number of carbonyl (C=O) groups excluding carboxylic acids is 1. The highest BCUT2D eigenvalue weighted by molar-refractivity contribution is 9.10. The molecule has 1 aliphatic heterocycles. The zero-order valence-corrected chi connectivity index (χ0v) is 14.3. The molecular formula is C16H20BrNO4. The average Bonchev–Trinajstić information content (AvgIpc) is 2.45. The van der Waals surface area contributed by atoms with Gasteiger partial charge in [0.2, 0.25) is 0 Å². The first kappa shape index (κ1) is 16.8. The van der Waals surface area contributed by atoms with Gasteiger partial charge in [0.15, 0.2) is 0 Å². The van der Waals surface area contributed by atoms with E-state index in [4.69, 9.17) is 4.74 Å². The summed E-state index contributed by atoms with van der Waals surface area (Å²) in [5.41, 5.74) is 0.443. The molecule has 1 fully saturated rings. The summed E-state index contributed by atoms with van der Waals surface area (Å²) in [6.07, 6.45) is 2.17. The van der Waals surface area contributed by atoms with Crippen LogP contribution >= 0.6 is 15.9 Å². The number of amides is 1. The van der Waals surface area contributed by atoms with Gasteiger partial charge >= 0.3 is 5.97 Å². The summed E-state index contributed by atoms with van der Waals surface area (Å²) in [5.74, 6) is -0.611. The lowest BCUT2D eigenvalue weighted by Crippen LogP contribution is -2.48. The number of hydrogen-bond donors (Lipinski definition) is 1. The SMILES string of the molecule is CC(C)Oc1cc(Br)cc(C(=O)N2CCCCC2C(=O)O)c1. The molecule has 0 bridgehead atoms. The molecular weight excluding hydrogens is 350 g/mol. The third-order valence-electron chi connectivity index (χ3n) is 3.54. The lowest BCUT2D eigenvalue weighted by Gasteiger charge is -2.33. The van der Waals surface area contributed by atoms with E-state index in [1.807, 2.05) is 13.8 Å².